The molecule has 0 spiro atoms. The third-order valence-corrected chi connectivity index (χ3v) is 4.59. The Morgan fingerprint density at radius 1 is 0.759 bits per heavy atom. The molecular formula is C21H20N2O6. The lowest BCUT2D eigenvalue weighted by atomic mass is 10.2. The summed E-state index contributed by atoms with van der Waals surface area (Å²) in [5, 5.41) is 5.46. The van der Waals surface area contributed by atoms with Crippen LogP contribution >= 0.6 is 0 Å². The van der Waals surface area contributed by atoms with Gasteiger partial charge in [-0.3, -0.25) is 9.59 Å². The minimum Gasteiger partial charge on any atom is -0.465 e. The van der Waals surface area contributed by atoms with Gasteiger partial charge in [-0.15, -0.1) is 0 Å². The molecule has 0 radical (unpaired) electrons. The number of carbonyl (C=O) groups excluding carboxylic acids is 4. The maximum Gasteiger partial charge on any atom is 0.337 e. The van der Waals surface area contributed by atoms with Gasteiger partial charge in [-0.05, 0) is 48.9 Å². The molecule has 8 nitrogen and oxygen atoms in total. The first-order valence-electron chi connectivity index (χ1n) is 8.91. The summed E-state index contributed by atoms with van der Waals surface area (Å²) in [5.41, 5.74) is 1.69. The molecule has 2 unspecified atom stereocenters. The molecule has 1 aliphatic rings. The molecule has 2 atom stereocenters. The molecule has 0 heterocycles. The SMILES string of the molecule is COC(=O)c1ccc(NC(=O)C2CC2C(=O)Nc2cccc(C(=O)OC)c2)cc1. The molecular weight excluding hydrogens is 376 g/mol. The van der Waals surface area contributed by atoms with Gasteiger partial charge in [-0.25, -0.2) is 9.59 Å². The molecule has 29 heavy (non-hydrogen) atoms. The van der Waals surface area contributed by atoms with Crippen LogP contribution in [0.25, 0.3) is 0 Å². The average Bonchev–Trinajstić information content (AvgIpc) is 3.54. The molecule has 0 aromatic heterocycles. The molecule has 0 saturated heterocycles. The number of carbonyl (C=O) groups is 4. The molecule has 2 amide bonds. The summed E-state index contributed by atoms with van der Waals surface area (Å²) < 4.78 is 9.28. The normalized spacial score (nSPS) is 17.0. The Kier molecular flexibility index (Phi) is 5.92. The van der Waals surface area contributed by atoms with E-state index in [1.165, 1.54) is 20.3 Å². The first kappa shape index (κ1) is 20.1. The molecule has 1 aliphatic carbocycles. The number of benzene rings is 2. The Hall–Kier alpha value is -3.68. The fourth-order valence-corrected chi connectivity index (χ4v) is 2.89. The first-order chi connectivity index (χ1) is 13.9. The van der Waals surface area contributed by atoms with Crippen LogP contribution in [0.15, 0.2) is 48.5 Å². The minimum absolute atomic E-state index is 0.265. The molecule has 2 N–H and O–H groups in total. The summed E-state index contributed by atoms with van der Waals surface area (Å²) in [4.78, 5) is 47.7. The largest absolute Gasteiger partial charge is 0.465 e. The quantitative estimate of drug-likeness (QED) is 0.726. The Morgan fingerprint density at radius 3 is 1.90 bits per heavy atom. The van der Waals surface area contributed by atoms with Crippen molar-refractivity contribution in [3.05, 3.63) is 59.7 Å². The van der Waals surface area contributed by atoms with Crippen molar-refractivity contribution in [1.29, 1.82) is 0 Å². The zero-order valence-electron chi connectivity index (χ0n) is 15.9. The number of nitrogens with one attached hydrogen (secondary N) is 2. The highest BCUT2D eigenvalue weighted by atomic mass is 16.5. The summed E-state index contributed by atoms with van der Waals surface area (Å²) >= 11 is 0. The smallest absolute Gasteiger partial charge is 0.337 e. The third kappa shape index (κ3) is 4.78. The number of esters is 2. The van der Waals surface area contributed by atoms with Gasteiger partial charge in [0, 0.05) is 11.4 Å². The van der Waals surface area contributed by atoms with Crippen molar-refractivity contribution in [1.82, 2.24) is 0 Å². The topological polar surface area (TPSA) is 111 Å². The lowest BCUT2D eigenvalue weighted by Crippen LogP contribution is -2.20. The van der Waals surface area contributed by atoms with E-state index in [2.05, 4.69) is 20.1 Å². The number of anilines is 2. The second-order valence-corrected chi connectivity index (χ2v) is 6.57. The number of methoxy groups -OCH3 is 2. The highest BCUT2D eigenvalue weighted by molar-refractivity contribution is 6.03. The summed E-state index contributed by atoms with van der Waals surface area (Å²) in [7, 11) is 2.58. The molecule has 2 aromatic rings. The van der Waals surface area contributed by atoms with E-state index in [1.807, 2.05) is 0 Å². The van der Waals surface area contributed by atoms with E-state index >= 15 is 0 Å². The van der Waals surface area contributed by atoms with Gasteiger partial charge >= 0.3 is 11.9 Å². The van der Waals surface area contributed by atoms with Gasteiger partial charge in [0.2, 0.25) is 11.8 Å². The van der Waals surface area contributed by atoms with E-state index in [4.69, 9.17) is 0 Å². The van der Waals surface area contributed by atoms with Gasteiger partial charge < -0.3 is 20.1 Å². The monoisotopic (exact) mass is 396 g/mol. The van der Waals surface area contributed by atoms with E-state index in [0.29, 0.717) is 28.9 Å². The zero-order chi connectivity index (χ0) is 21.0. The Morgan fingerprint density at radius 2 is 1.31 bits per heavy atom. The van der Waals surface area contributed by atoms with Crippen molar-refractivity contribution in [3.8, 4) is 0 Å². The predicted molar refractivity (Wildman–Crippen MR) is 104 cm³/mol. The Bertz CT molecular complexity index is 954. The van der Waals surface area contributed by atoms with Crippen LogP contribution < -0.4 is 10.6 Å². The summed E-state index contributed by atoms with van der Waals surface area (Å²) in [6.07, 6.45) is 0.439. The lowest BCUT2D eigenvalue weighted by Gasteiger charge is -2.08. The van der Waals surface area contributed by atoms with Gasteiger partial charge in [0.15, 0.2) is 0 Å². The van der Waals surface area contributed by atoms with Crippen LogP contribution in [0, 0.1) is 11.8 Å². The third-order valence-electron chi connectivity index (χ3n) is 4.59. The lowest BCUT2D eigenvalue weighted by molar-refractivity contribution is -0.122. The Labute approximate surface area is 167 Å². The summed E-state index contributed by atoms with van der Waals surface area (Å²) in [6, 6.07) is 12.7. The molecule has 2 aromatic carbocycles. The molecule has 150 valence electrons. The molecule has 1 saturated carbocycles. The predicted octanol–water partition coefficient (Wildman–Crippen LogP) is 2.47. The maximum atomic E-state index is 12.4. The van der Waals surface area contributed by atoms with E-state index < -0.39 is 23.8 Å². The van der Waals surface area contributed by atoms with Crippen molar-refractivity contribution in [2.75, 3.05) is 24.9 Å². The van der Waals surface area contributed by atoms with Crippen LogP contribution in [0.3, 0.4) is 0 Å². The first-order valence-corrected chi connectivity index (χ1v) is 8.91. The molecule has 8 heteroatoms. The van der Waals surface area contributed by atoms with E-state index in [-0.39, 0.29) is 11.8 Å². The van der Waals surface area contributed by atoms with Crippen LogP contribution in [0.2, 0.25) is 0 Å². The highest BCUT2D eigenvalue weighted by Crippen LogP contribution is 2.40. The van der Waals surface area contributed by atoms with Crippen molar-refractivity contribution in [3.63, 3.8) is 0 Å². The number of ether oxygens (including phenoxy) is 2. The fourth-order valence-electron chi connectivity index (χ4n) is 2.89. The van der Waals surface area contributed by atoms with E-state index in [1.54, 1.807) is 42.5 Å². The van der Waals surface area contributed by atoms with Crippen molar-refractivity contribution >= 4 is 35.1 Å². The van der Waals surface area contributed by atoms with Gasteiger partial charge in [-0.2, -0.15) is 0 Å². The highest BCUT2D eigenvalue weighted by Gasteiger charge is 2.48. The van der Waals surface area contributed by atoms with Gasteiger partial charge in [0.05, 0.1) is 37.2 Å². The standard InChI is InChI=1S/C21H20N2O6/c1-28-20(26)12-6-8-14(9-7-12)22-18(24)16-11-17(16)19(25)23-15-5-3-4-13(10-15)21(27)29-2/h3-10,16-17H,11H2,1-2H3,(H,22,24)(H,23,25). The second kappa shape index (κ2) is 8.55. The molecule has 3 rings (SSSR count). The number of rotatable bonds is 6. The second-order valence-electron chi connectivity index (χ2n) is 6.57. The molecule has 0 bridgehead atoms. The van der Waals surface area contributed by atoms with E-state index in [0.717, 1.165) is 0 Å². The van der Waals surface area contributed by atoms with Crippen LogP contribution in [-0.4, -0.2) is 38.0 Å². The van der Waals surface area contributed by atoms with Crippen LogP contribution in [0.4, 0.5) is 11.4 Å². The van der Waals surface area contributed by atoms with Crippen molar-refractivity contribution < 1.29 is 28.7 Å². The zero-order valence-corrected chi connectivity index (χ0v) is 15.9. The minimum atomic E-state index is -0.497. The van der Waals surface area contributed by atoms with Crippen molar-refractivity contribution in [2.45, 2.75) is 6.42 Å². The number of hydrogen-bond acceptors (Lipinski definition) is 6. The molecule has 0 aliphatic heterocycles. The van der Waals surface area contributed by atoms with Gasteiger partial charge in [0.1, 0.15) is 0 Å². The van der Waals surface area contributed by atoms with Gasteiger partial charge in [-0.1, -0.05) is 6.07 Å². The average molecular weight is 396 g/mol. The van der Waals surface area contributed by atoms with Crippen LogP contribution in [0.1, 0.15) is 27.1 Å². The van der Waals surface area contributed by atoms with E-state index in [9.17, 15) is 19.2 Å². The Balaban J connectivity index is 1.55. The summed E-state index contributed by atoms with van der Waals surface area (Å²) in [5.74, 6) is -2.38. The van der Waals surface area contributed by atoms with Crippen LogP contribution in [-0.2, 0) is 19.1 Å². The summed E-state index contributed by atoms with van der Waals surface area (Å²) in [6.45, 7) is 0. The maximum absolute atomic E-state index is 12.4. The van der Waals surface area contributed by atoms with Crippen LogP contribution in [0.5, 0.6) is 0 Å². The number of hydrogen-bond donors (Lipinski definition) is 2. The van der Waals surface area contributed by atoms with Crippen molar-refractivity contribution in [2.24, 2.45) is 11.8 Å². The fraction of sp³-hybridized carbons (Fsp3) is 0.238. The number of amides is 2. The van der Waals surface area contributed by atoms with Gasteiger partial charge in [0.25, 0.3) is 0 Å². The molecule has 1 fully saturated rings.